The van der Waals surface area contributed by atoms with Crippen molar-refractivity contribution in [1.29, 1.82) is 0 Å². The largest absolute Gasteiger partial charge is 0.282 e. The minimum atomic E-state index is -3.49. The molecule has 55 heavy (non-hydrogen) atoms. The number of hydrogen-bond donors (Lipinski definition) is 2. The van der Waals surface area contributed by atoms with Crippen LogP contribution in [0.4, 0.5) is 11.4 Å². The average Bonchev–Trinajstić information content (AvgIpc) is 3.55. The lowest BCUT2D eigenvalue weighted by Crippen LogP contribution is -2.18. The minimum absolute atomic E-state index is 0.0922. The van der Waals surface area contributed by atoms with Crippen molar-refractivity contribution in [1.82, 2.24) is 39.5 Å². The molecule has 2 N–H and O–H groups in total. The number of nitrogens with zero attached hydrogens (tertiary/aromatic N) is 8. The summed E-state index contributed by atoms with van der Waals surface area (Å²) < 4.78 is 56.8. The van der Waals surface area contributed by atoms with Crippen LogP contribution >= 0.6 is 23.2 Å². The Hall–Kier alpha value is -4.90. The second-order valence-corrected chi connectivity index (χ2v) is 17.9. The van der Waals surface area contributed by atoms with Crippen molar-refractivity contribution >= 4 is 54.6 Å². The van der Waals surface area contributed by atoms with Crippen LogP contribution < -0.4 is 9.44 Å². The summed E-state index contributed by atoms with van der Waals surface area (Å²) in [6.45, 7) is 4.18. The van der Waals surface area contributed by atoms with Crippen molar-refractivity contribution in [2.24, 2.45) is 5.92 Å². The van der Waals surface area contributed by atoms with E-state index in [1.165, 1.54) is 18.5 Å². The molecule has 0 bridgehead atoms. The van der Waals surface area contributed by atoms with Gasteiger partial charge in [-0.25, -0.2) is 26.2 Å². The fourth-order valence-corrected chi connectivity index (χ4v) is 8.65. The number of nitrogens with one attached hydrogen (secondary N) is 2. The zero-order valence-corrected chi connectivity index (χ0v) is 33.4. The molecule has 6 aromatic rings. The number of sulfonamides is 2. The van der Waals surface area contributed by atoms with Crippen molar-refractivity contribution in [3.63, 3.8) is 0 Å². The molecule has 1 fully saturated rings. The Labute approximate surface area is 329 Å². The van der Waals surface area contributed by atoms with Gasteiger partial charge in [0.05, 0.1) is 92.4 Å². The highest BCUT2D eigenvalue weighted by molar-refractivity contribution is 7.92. The molecule has 7 rings (SSSR count). The van der Waals surface area contributed by atoms with Crippen molar-refractivity contribution in [3.05, 3.63) is 95.0 Å². The van der Waals surface area contributed by atoms with Crippen LogP contribution in [0.25, 0.3) is 45.3 Å². The van der Waals surface area contributed by atoms with E-state index in [9.17, 15) is 16.8 Å². The summed E-state index contributed by atoms with van der Waals surface area (Å²) in [5.74, 6) is 0.305. The molecule has 6 aromatic heterocycles. The lowest BCUT2D eigenvalue weighted by atomic mass is 10.1. The van der Waals surface area contributed by atoms with E-state index in [0.29, 0.717) is 44.6 Å². The maximum atomic E-state index is 12.5. The van der Waals surface area contributed by atoms with E-state index in [4.69, 9.17) is 33.2 Å². The number of aryl methyl sites for hydroxylation is 2. The van der Waals surface area contributed by atoms with Crippen LogP contribution in [-0.4, -0.2) is 68.3 Å². The maximum absolute atomic E-state index is 12.5. The molecule has 0 aliphatic heterocycles. The maximum Gasteiger partial charge on any atom is 0.233 e. The zero-order valence-electron chi connectivity index (χ0n) is 30.2. The number of halogens is 2. The molecule has 286 valence electrons. The fourth-order valence-electron chi connectivity index (χ4n) is 6.05. The zero-order chi connectivity index (χ0) is 38.9. The van der Waals surface area contributed by atoms with Gasteiger partial charge in [-0.15, -0.1) is 0 Å². The molecule has 0 radical (unpaired) electrons. The molecule has 0 saturated heterocycles. The van der Waals surface area contributed by atoms with Gasteiger partial charge in [-0.2, -0.15) is 10.2 Å². The first kappa shape index (κ1) is 38.4. The molecule has 0 atom stereocenters. The Morgan fingerprint density at radius 2 is 1.16 bits per heavy atom. The highest BCUT2D eigenvalue weighted by Crippen LogP contribution is 2.33. The monoisotopic (exact) mass is 820 g/mol. The summed E-state index contributed by atoms with van der Waals surface area (Å²) in [6, 6.07) is 10.9. The normalized spacial score (nSPS) is 13.3. The summed E-state index contributed by atoms with van der Waals surface area (Å²) in [4.78, 5) is 18.9. The summed E-state index contributed by atoms with van der Waals surface area (Å²) in [7, 11) is -6.97. The van der Waals surface area contributed by atoms with Gasteiger partial charge >= 0.3 is 0 Å². The van der Waals surface area contributed by atoms with Crippen LogP contribution in [0.2, 0.25) is 10.0 Å². The van der Waals surface area contributed by atoms with E-state index in [-0.39, 0.29) is 22.4 Å². The molecule has 14 nitrogen and oxygen atoms in total. The molecule has 6 heterocycles. The lowest BCUT2D eigenvalue weighted by Gasteiger charge is -2.12. The molecular weight excluding hydrogens is 784 g/mol. The van der Waals surface area contributed by atoms with E-state index < -0.39 is 20.0 Å². The molecule has 1 aliphatic carbocycles. The van der Waals surface area contributed by atoms with Crippen LogP contribution in [0.1, 0.15) is 50.9 Å². The first-order valence-corrected chi connectivity index (χ1v) is 22.0. The quantitative estimate of drug-likeness (QED) is 0.106. The first-order valence-electron chi connectivity index (χ1n) is 17.7. The third kappa shape index (κ3) is 9.50. The van der Waals surface area contributed by atoms with Crippen molar-refractivity contribution in [3.8, 4) is 45.3 Å². The summed E-state index contributed by atoms with van der Waals surface area (Å²) in [5, 5.41) is 9.79. The number of aromatic nitrogens is 8. The summed E-state index contributed by atoms with van der Waals surface area (Å²) in [5.41, 5.74) is 7.36. The Morgan fingerprint density at radius 3 is 1.58 bits per heavy atom. The first-order chi connectivity index (χ1) is 26.3. The number of rotatable bonds is 15. The van der Waals surface area contributed by atoms with Gasteiger partial charge < -0.3 is 0 Å². The number of hydrogen-bond acceptors (Lipinski definition) is 10. The van der Waals surface area contributed by atoms with Crippen LogP contribution in [0.15, 0.2) is 73.6 Å². The van der Waals surface area contributed by atoms with Crippen molar-refractivity contribution in [2.45, 2.75) is 52.4 Å². The molecule has 0 aromatic carbocycles. The highest BCUT2D eigenvalue weighted by atomic mass is 35.5. The topological polar surface area (TPSA) is 180 Å². The smallest absolute Gasteiger partial charge is 0.233 e. The van der Waals surface area contributed by atoms with E-state index in [0.717, 1.165) is 67.5 Å². The van der Waals surface area contributed by atoms with Crippen LogP contribution in [0.3, 0.4) is 0 Å². The summed E-state index contributed by atoms with van der Waals surface area (Å²) in [6.07, 6.45) is 15.9. The fraction of sp³-hybridized carbons (Fsp3) is 0.297. The van der Waals surface area contributed by atoms with Gasteiger partial charge in [0.2, 0.25) is 20.0 Å². The minimum Gasteiger partial charge on any atom is -0.282 e. The third-order valence-corrected chi connectivity index (χ3v) is 11.3. The average molecular weight is 822 g/mol. The molecule has 1 aliphatic rings. The van der Waals surface area contributed by atoms with E-state index >= 15 is 0 Å². The van der Waals surface area contributed by atoms with Gasteiger partial charge in [-0.05, 0) is 68.0 Å². The van der Waals surface area contributed by atoms with E-state index in [1.807, 2.05) is 30.5 Å². The number of pyridine rings is 4. The van der Waals surface area contributed by atoms with Gasteiger partial charge in [0.25, 0.3) is 0 Å². The Balaban J connectivity index is 1.19. The van der Waals surface area contributed by atoms with Crippen molar-refractivity contribution < 1.29 is 16.8 Å². The van der Waals surface area contributed by atoms with Gasteiger partial charge in [0.1, 0.15) is 0 Å². The third-order valence-electron chi connectivity index (χ3n) is 8.65. The Morgan fingerprint density at radius 1 is 0.691 bits per heavy atom. The Bertz CT molecular complexity index is 2610. The standard InChI is InChI=1S/C37H38Cl2N10O4S2/c1-4-6-26-10-30(48-20-24(16-42-48)36-32(38)12-28(18-40-36)46-54(3,50)51)14-34(44-26)35-15-31(11-27(45-35)7-5-2)49-21-25(17-43-49)37-33(39)13-29(19-41-37)47-55(52,53)22-23-8-9-23/h10-21,23,46-47H,4-9,22H2,1-3H3. The predicted molar refractivity (Wildman–Crippen MR) is 215 cm³/mol. The summed E-state index contributed by atoms with van der Waals surface area (Å²) >= 11 is 13.1. The van der Waals surface area contributed by atoms with E-state index in [2.05, 4.69) is 43.5 Å². The van der Waals surface area contributed by atoms with Crippen LogP contribution in [0.5, 0.6) is 0 Å². The Kier molecular flexibility index (Phi) is 10.9. The van der Waals surface area contributed by atoms with Gasteiger partial charge in [-0.3, -0.25) is 29.4 Å². The second-order valence-electron chi connectivity index (χ2n) is 13.6. The predicted octanol–water partition coefficient (Wildman–Crippen LogP) is 7.37. The second kappa shape index (κ2) is 15.7. The van der Waals surface area contributed by atoms with Gasteiger partial charge in [0.15, 0.2) is 0 Å². The van der Waals surface area contributed by atoms with Gasteiger partial charge in [0, 0.05) is 34.9 Å². The molecule has 1 saturated carbocycles. The lowest BCUT2D eigenvalue weighted by molar-refractivity contribution is 0.597. The molecule has 0 unspecified atom stereocenters. The van der Waals surface area contributed by atoms with Crippen LogP contribution in [0, 0.1) is 5.92 Å². The molecule has 0 spiro atoms. The number of anilines is 2. The highest BCUT2D eigenvalue weighted by Gasteiger charge is 2.28. The van der Waals surface area contributed by atoms with Crippen LogP contribution in [-0.2, 0) is 32.9 Å². The van der Waals surface area contributed by atoms with E-state index in [1.54, 1.807) is 34.0 Å². The molecule has 18 heteroatoms. The SMILES string of the molecule is CCCc1cc(-n2cc(-c3ncc(NS(C)(=O)=O)cc3Cl)cn2)cc(-c2cc(-n3cc(-c4ncc(NS(=O)(=O)CC5CC5)cc4Cl)cn3)cc(CCC)n2)n1. The molecule has 0 amide bonds. The van der Waals surface area contributed by atoms with Gasteiger partial charge in [-0.1, -0.05) is 49.9 Å². The molecular formula is C37H38Cl2N10O4S2. The van der Waals surface area contributed by atoms with Crippen molar-refractivity contribution in [2.75, 3.05) is 21.5 Å².